The van der Waals surface area contributed by atoms with Crippen LogP contribution in [0.5, 0.6) is 0 Å². The van der Waals surface area contributed by atoms with Gasteiger partial charge in [-0.1, -0.05) is 6.92 Å². The Balaban J connectivity index is 2.62. The molecule has 60 valence electrons. The van der Waals surface area contributed by atoms with Gasteiger partial charge < -0.3 is 4.90 Å². The Morgan fingerprint density at radius 1 is 1.73 bits per heavy atom. The van der Waals surface area contributed by atoms with Crippen molar-refractivity contribution >= 4 is 5.91 Å². The first kappa shape index (κ1) is 8.06. The molecule has 0 bridgehead atoms. The Labute approximate surface area is 66.6 Å². The van der Waals surface area contributed by atoms with Crippen LogP contribution in [0.15, 0.2) is 0 Å². The Kier molecular flexibility index (Phi) is 1.86. The van der Waals surface area contributed by atoms with Gasteiger partial charge in [-0.3, -0.25) is 4.79 Å². The lowest BCUT2D eigenvalue weighted by Crippen LogP contribution is -2.37. The minimum atomic E-state index is -0.437. The lowest BCUT2D eigenvalue weighted by Gasteiger charge is -2.21. The molecule has 0 aromatic heterocycles. The van der Waals surface area contributed by atoms with Crippen molar-refractivity contribution in [1.29, 1.82) is 5.26 Å². The Hall–Kier alpha value is -1.04. The van der Waals surface area contributed by atoms with Gasteiger partial charge in [0.2, 0.25) is 5.91 Å². The van der Waals surface area contributed by atoms with Crippen molar-refractivity contribution in [3.63, 3.8) is 0 Å². The molecule has 0 N–H and O–H groups in total. The molecule has 0 radical (unpaired) electrons. The molecule has 0 saturated heterocycles. The van der Waals surface area contributed by atoms with E-state index in [1.54, 1.807) is 11.9 Å². The lowest BCUT2D eigenvalue weighted by atomic mass is 10.2. The molecule has 1 fully saturated rings. The van der Waals surface area contributed by atoms with Crippen molar-refractivity contribution in [2.75, 3.05) is 7.05 Å². The van der Waals surface area contributed by atoms with E-state index in [9.17, 15) is 4.79 Å². The van der Waals surface area contributed by atoms with E-state index in [2.05, 4.69) is 6.07 Å². The van der Waals surface area contributed by atoms with Gasteiger partial charge in [-0.2, -0.15) is 5.26 Å². The van der Waals surface area contributed by atoms with Gasteiger partial charge in [0.25, 0.3) is 0 Å². The molecule has 1 aliphatic rings. The zero-order valence-electron chi connectivity index (χ0n) is 6.92. The minimum Gasteiger partial charge on any atom is -0.327 e. The van der Waals surface area contributed by atoms with Crippen LogP contribution >= 0.6 is 0 Å². The van der Waals surface area contributed by atoms with Crippen LogP contribution in [0.4, 0.5) is 0 Å². The quantitative estimate of drug-likeness (QED) is 0.590. The number of nitriles is 1. The van der Waals surface area contributed by atoms with Crippen molar-refractivity contribution in [3.05, 3.63) is 0 Å². The molecule has 0 atom stereocenters. The van der Waals surface area contributed by atoms with Crippen LogP contribution in [0.25, 0.3) is 0 Å². The third kappa shape index (κ3) is 1.21. The van der Waals surface area contributed by atoms with Crippen molar-refractivity contribution in [2.24, 2.45) is 0 Å². The van der Waals surface area contributed by atoms with E-state index < -0.39 is 5.54 Å². The number of hydrogen-bond donors (Lipinski definition) is 0. The molecule has 0 aliphatic heterocycles. The second kappa shape index (κ2) is 2.54. The van der Waals surface area contributed by atoms with Crippen LogP contribution in [0, 0.1) is 11.3 Å². The summed E-state index contributed by atoms with van der Waals surface area (Å²) in [6, 6.07) is 2.17. The standard InChI is InChI=1S/C8H12N2O/c1-3-7(11)10(2)8(6-9)4-5-8/h3-5H2,1-2H3. The highest BCUT2D eigenvalue weighted by Gasteiger charge is 2.48. The van der Waals surface area contributed by atoms with Crippen LogP contribution in [-0.2, 0) is 4.79 Å². The van der Waals surface area contributed by atoms with Crippen LogP contribution in [0.3, 0.4) is 0 Å². The normalized spacial score (nSPS) is 18.6. The number of hydrogen-bond acceptors (Lipinski definition) is 2. The van der Waals surface area contributed by atoms with E-state index >= 15 is 0 Å². The summed E-state index contributed by atoms with van der Waals surface area (Å²) in [6.45, 7) is 1.81. The van der Waals surface area contributed by atoms with Gasteiger partial charge in [-0.05, 0) is 12.8 Å². The maximum absolute atomic E-state index is 11.1. The van der Waals surface area contributed by atoms with E-state index in [1.807, 2.05) is 6.92 Å². The van der Waals surface area contributed by atoms with E-state index in [0.717, 1.165) is 12.8 Å². The zero-order chi connectivity index (χ0) is 8.48. The molecule has 0 aromatic rings. The molecule has 1 amide bonds. The maximum Gasteiger partial charge on any atom is 0.223 e. The molecule has 11 heavy (non-hydrogen) atoms. The molecule has 0 spiro atoms. The summed E-state index contributed by atoms with van der Waals surface area (Å²) in [5, 5.41) is 8.73. The third-order valence-electron chi connectivity index (χ3n) is 2.25. The summed E-state index contributed by atoms with van der Waals surface area (Å²) in [5.41, 5.74) is -0.437. The second-order valence-corrected chi connectivity index (χ2v) is 2.95. The van der Waals surface area contributed by atoms with Gasteiger partial charge in [0, 0.05) is 13.5 Å². The van der Waals surface area contributed by atoms with Gasteiger partial charge in [0.1, 0.15) is 5.54 Å². The highest BCUT2D eigenvalue weighted by Crippen LogP contribution is 2.40. The maximum atomic E-state index is 11.1. The first-order valence-corrected chi connectivity index (χ1v) is 3.84. The van der Waals surface area contributed by atoms with Crippen molar-refractivity contribution in [3.8, 4) is 6.07 Å². The fourth-order valence-electron chi connectivity index (χ4n) is 1.12. The fourth-order valence-corrected chi connectivity index (χ4v) is 1.12. The van der Waals surface area contributed by atoms with E-state index in [4.69, 9.17) is 5.26 Å². The van der Waals surface area contributed by atoms with E-state index in [0.29, 0.717) is 6.42 Å². The molecule has 1 aliphatic carbocycles. The summed E-state index contributed by atoms with van der Waals surface area (Å²) in [7, 11) is 1.71. The average molecular weight is 152 g/mol. The largest absolute Gasteiger partial charge is 0.327 e. The van der Waals surface area contributed by atoms with Crippen LogP contribution in [0.1, 0.15) is 26.2 Å². The number of amides is 1. The minimum absolute atomic E-state index is 0.0593. The lowest BCUT2D eigenvalue weighted by molar-refractivity contribution is -0.131. The summed E-state index contributed by atoms with van der Waals surface area (Å²) >= 11 is 0. The summed E-state index contributed by atoms with van der Waals surface area (Å²) < 4.78 is 0. The first-order valence-electron chi connectivity index (χ1n) is 3.84. The van der Waals surface area contributed by atoms with Crippen molar-refractivity contribution in [1.82, 2.24) is 4.90 Å². The average Bonchev–Trinajstić information content (AvgIpc) is 2.82. The molecule has 3 nitrogen and oxygen atoms in total. The number of nitrogens with zero attached hydrogens (tertiary/aromatic N) is 2. The van der Waals surface area contributed by atoms with Crippen molar-refractivity contribution in [2.45, 2.75) is 31.7 Å². The predicted octanol–water partition coefficient (Wildman–Crippen LogP) is 0.911. The van der Waals surface area contributed by atoms with Gasteiger partial charge in [0.05, 0.1) is 6.07 Å². The van der Waals surface area contributed by atoms with Crippen LogP contribution in [-0.4, -0.2) is 23.4 Å². The predicted molar refractivity (Wildman–Crippen MR) is 40.6 cm³/mol. The topological polar surface area (TPSA) is 44.1 Å². The van der Waals surface area contributed by atoms with Crippen LogP contribution < -0.4 is 0 Å². The molecule has 0 aromatic carbocycles. The molecular weight excluding hydrogens is 140 g/mol. The molecule has 0 unspecified atom stereocenters. The smallest absolute Gasteiger partial charge is 0.223 e. The fraction of sp³-hybridized carbons (Fsp3) is 0.750. The van der Waals surface area contributed by atoms with Gasteiger partial charge in [-0.15, -0.1) is 0 Å². The molecule has 0 heterocycles. The highest BCUT2D eigenvalue weighted by molar-refractivity contribution is 5.77. The molecule has 1 rings (SSSR count). The van der Waals surface area contributed by atoms with Gasteiger partial charge in [-0.25, -0.2) is 0 Å². The SMILES string of the molecule is CCC(=O)N(C)C1(C#N)CC1. The Bertz CT molecular complexity index is 213. The number of carbonyl (C=O) groups is 1. The third-order valence-corrected chi connectivity index (χ3v) is 2.25. The molecular formula is C8H12N2O. The molecule has 3 heteroatoms. The summed E-state index contributed by atoms with van der Waals surface area (Å²) in [6.07, 6.45) is 2.16. The van der Waals surface area contributed by atoms with Crippen LogP contribution in [0.2, 0.25) is 0 Å². The first-order chi connectivity index (χ1) is 5.16. The monoisotopic (exact) mass is 152 g/mol. The van der Waals surface area contributed by atoms with Gasteiger partial charge in [0.15, 0.2) is 0 Å². The van der Waals surface area contributed by atoms with Crippen molar-refractivity contribution < 1.29 is 4.79 Å². The van der Waals surface area contributed by atoms with E-state index in [-0.39, 0.29) is 5.91 Å². The zero-order valence-corrected chi connectivity index (χ0v) is 6.92. The van der Waals surface area contributed by atoms with E-state index in [1.165, 1.54) is 0 Å². The van der Waals surface area contributed by atoms with Gasteiger partial charge >= 0.3 is 0 Å². The summed E-state index contributed by atoms with van der Waals surface area (Å²) in [4.78, 5) is 12.7. The molecule has 1 saturated carbocycles. The second-order valence-electron chi connectivity index (χ2n) is 2.95. The Morgan fingerprint density at radius 2 is 2.27 bits per heavy atom. The highest BCUT2D eigenvalue weighted by atomic mass is 16.2. The summed E-state index contributed by atoms with van der Waals surface area (Å²) in [5.74, 6) is 0.0593. The number of rotatable bonds is 2. The Morgan fingerprint density at radius 3 is 2.55 bits per heavy atom. The number of carbonyl (C=O) groups excluding carboxylic acids is 1.